The van der Waals surface area contributed by atoms with E-state index >= 15 is 0 Å². The summed E-state index contributed by atoms with van der Waals surface area (Å²) in [7, 11) is 0. The summed E-state index contributed by atoms with van der Waals surface area (Å²) in [4.78, 5) is 31.7. The molecule has 48 heavy (non-hydrogen) atoms. The Balaban J connectivity index is 1.56. The number of piperidine rings is 1. The van der Waals surface area contributed by atoms with Crippen molar-refractivity contribution in [3.63, 3.8) is 0 Å². The quantitative estimate of drug-likeness (QED) is 0.157. The van der Waals surface area contributed by atoms with Crippen LogP contribution in [0.4, 0.5) is 31.1 Å². The predicted octanol–water partition coefficient (Wildman–Crippen LogP) is 7.29. The molecule has 1 fully saturated rings. The largest absolute Gasteiger partial charge is 0.445 e. The minimum Gasteiger partial charge on any atom is -0.445 e. The van der Waals surface area contributed by atoms with Gasteiger partial charge in [-0.3, -0.25) is 9.74 Å². The van der Waals surface area contributed by atoms with Gasteiger partial charge in [-0.05, 0) is 48.2 Å². The van der Waals surface area contributed by atoms with Gasteiger partial charge in [0.2, 0.25) is 0 Å². The lowest BCUT2D eigenvalue weighted by atomic mass is 9.77. The van der Waals surface area contributed by atoms with E-state index in [-0.39, 0.29) is 31.1 Å². The van der Waals surface area contributed by atoms with Crippen molar-refractivity contribution in [2.24, 2.45) is 0 Å². The minimum atomic E-state index is -5.06. The van der Waals surface area contributed by atoms with Crippen LogP contribution in [-0.2, 0) is 39.6 Å². The predicted molar refractivity (Wildman–Crippen MR) is 159 cm³/mol. The first-order chi connectivity index (χ1) is 22.7. The maximum Gasteiger partial charge on any atom is 0.416 e. The zero-order chi connectivity index (χ0) is 34.7. The number of ether oxygens (including phenoxy) is 2. The van der Waals surface area contributed by atoms with Gasteiger partial charge in [-0.2, -0.15) is 31.4 Å². The molecule has 0 unspecified atom stereocenters. The SMILES string of the molecule is [C-]#[N+][C@]1(n2cn[nH]c2=O)CC[C@@](CO[C@H](C)c2cc(C(F)(F)F)cc(C(F)(F)F)c2)(c2ccccc2)N(C(=O)OCc2ccccc2)C1. The molecular formula is C33H29F6N5O4. The minimum absolute atomic E-state index is 0.00712. The van der Waals surface area contributed by atoms with Crippen LogP contribution in [0.2, 0.25) is 0 Å². The van der Waals surface area contributed by atoms with Crippen LogP contribution in [0, 0.1) is 6.57 Å². The van der Waals surface area contributed by atoms with Gasteiger partial charge in [0, 0.05) is 0 Å². The molecule has 5 rings (SSSR count). The standard InChI is InChI=1S/C33H29F6N5O4/c1-22(24-15-26(32(34,35)36)17-27(16-24)33(37,38)39)48-20-30(25-11-7-4-8-12-25)13-14-31(40-2,44-21-41-42-28(44)45)19-43(30)29(46)47-18-23-9-5-3-6-10-23/h3-12,15-17,21-22H,13-14,18-20H2,1H3,(H,42,45)/t22-,30-,31+/m1/s1. The van der Waals surface area contributed by atoms with Gasteiger partial charge in [-0.1, -0.05) is 60.7 Å². The first-order valence-electron chi connectivity index (χ1n) is 14.6. The monoisotopic (exact) mass is 673 g/mol. The average molecular weight is 674 g/mol. The summed E-state index contributed by atoms with van der Waals surface area (Å²) in [5.41, 5.74) is -5.94. The van der Waals surface area contributed by atoms with Gasteiger partial charge in [0.05, 0.1) is 35.8 Å². The Morgan fingerprint density at radius 2 is 1.58 bits per heavy atom. The molecule has 0 spiro atoms. The molecule has 252 valence electrons. The number of rotatable bonds is 8. The molecule has 1 aliphatic rings. The van der Waals surface area contributed by atoms with Gasteiger partial charge in [0.25, 0.3) is 0 Å². The summed E-state index contributed by atoms with van der Waals surface area (Å²) >= 11 is 0. The van der Waals surface area contributed by atoms with Gasteiger partial charge >= 0.3 is 29.8 Å². The van der Waals surface area contributed by atoms with E-state index in [0.29, 0.717) is 23.3 Å². The second kappa shape index (κ2) is 13.2. The zero-order valence-electron chi connectivity index (χ0n) is 25.4. The number of benzene rings is 3. The van der Waals surface area contributed by atoms with Crippen LogP contribution in [0.5, 0.6) is 0 Å². The third-order valence-corrected chi connectivity index (χ3v) is 8.46. The number of hydrogen-bond donors (Lipinski definition) is 1. The number of nitrogens with zero attached hydrogens (tertiary/aromatic N) is 4. The van der Waals surface area contributed by atoms with Crippen molar-refractivity contribution in [1.29, 1.82) is 0 Å². The lowest BCUT2D eigenvalue weighted by molar-refractivity contribution is -0.143. The lowest BCUT2D eigenvalue weighted by Crippen LogP contribution is -2.62. The highest BCUT2D eigenvalue weighted by Crippen LogP contribution is 2.46. The second-order valence-corrected chi connectivity index (χ2v) is 11.4. The summed E-state index contributed by atoms with van der Waals surface area (Å²) in [5, 5.41) is 5.99. The fourth-order valence-corrected chi connectivity index (χ4v) is 5.80. The first-order valence-corrected chi connectivity index (χ1v) is 14.6. The second-order valence-electron chi connectivity index (χ2n) is 11.4. The van der Waals surface area contributed by atoms with Crippen molar-refractivity contribution >= 4 is 6.09 Å². The maximum absolute atomic E-state index is 14.0. The molecule has 0 saturated carbocycles. The van der Waals surface area contributed by atoms with Gasteiger partial charge in [-0.15, -0.1) is 0 Å². The van der Waals surface area contributed by atoms with E-state index in [1.54, 1.807) is 60.7 Å². The first kappa shape index (κ1) is 34.2. The summed E-state index contributed by atoms with van der Waals surface area (Å²) in [6.07, 6.45) is -11.2. The Labute approximate surface area is 270 Å². The molecule has 1 N–H and O–H groups in total. The van der Waals surface area contributed by atoms with E-state index in [1.807, 2.05) is 0 Å². The molecule has 1 saturated heterocycles. The number of halogens is 6. The number of aromatic amines is 1. The molecule has 0 bridgehead atoms. The highest BCUT2D eigenvalue weighted by Gasteiger charge is 2.57. The van der Waals surface area contributed by atoms with Crippen LogP contribution in [0.15, 0.2) is 90.0 Å². The molecule has 0 radical (unpaired) electrons. The number of nitrogens with one attached hydrogen (secondary N) is 1. The molecule has 15 heteroatoms. The molecule has 1 amide bonds. The van der Waals surface area contributed by atoms with Crippen molar-refractivity contribution < 1.29 is 40.6 Å². The third-order valence-electron chi connectivity index (χ3n) is 8.46. The number of hydrogen-bond acceptors (Lipinski definition) is 5. The van der Waals surface area contributed by atoms with Gasteiger partial charge in [-0.25, -0.2) is 25.8 Å². The van der Waals surface area contributed by atoms with Crippen molar-refractivity contribution in [2.45, 2.75) is 56.0 Å². The number of amides is 1. The fourth-order valence-electron chi connectivity index (χ4n) is 5.80. The van der Waals surface area contributed by atoms with Crippen molar-refractivity contribution in [3.8, 4) is 0 Å². The maximum atomic E-state index is 14.0. The summed E-state index contributed by atoms with van der Waals surface area (Å²) in [6, 6.07) is 18.4. The lowest BCUT2D eigenvalue weighted by Gasteiger charge is -2.49. The molecular weight excluding hydrogens is 644 g/mol. The Morgan fingerprint density at radius 1 is 0.979 bits per heavy atom. The van der Waals surface area contributed by atoms with Crippen LogP contribution in [-0.4, -0.2) is 38.9 Å². The molecule has 4 aromatic rings. The number of carbonyl (C=O) groups is 1. The molecule has 3 atom stereocenters. The van der Waals surface area contributed by atoms with Gasteiger partial charge in [0.15, 0.2) is 0 Å². The van der Waals surface area contributed by atoms with E-state index in [0.717, 1.165) is 10.9 Å². The summed E-state index contributed by atoms with van der Waals surface area (Å²) in [5.74, 6) is 0. The molecule has 1 aromatic heterocycles. The molecule has 9 nitrogen and oxygen atoms in total. The van der Waals surface area contributed by atoms with Crippen LogP contribution >= 0.6 is 0 Å². The molecule has 1 aliphatic heterocycles. The number of aromatic nitrogens is 3. The highest BCUT2D eigenvalue weighted by molar-refractivity contribution is 5.70. The smallest absolute Gasteiger partial charge is 0.416 e. The van der Waals surface area contributed by atoms with Crippen LogP contribution in [0.1, 0.15) is 53.7 Å². The van der Waals surface area contributed by atoms with E-state index in [2.05, 4.69) is 15.0 Å². The fraction of sp³-hybridized carbons (Fsp3) is 0.333. The summed E-state index contributed by atoms with van der Waals surface area (Å²) < 4.78 is 94.6. The number of alkyl halides is 6. The van der Waals surface area contributed by atoms with Gasteiger partial charge < -0.3 is 9.47 Å². The van der Waals surface area contributed by atoms with Crippen molar-refractivity contribution in [1.82, 2.24) is 19.7 Å². The van der Waals surface area contributed by atoms with E-state index in [1.165, 1.54) is 11.8 Å². The normalized spacial score (nSPS) is 20.6. The number of carbonyl (C=O) groups excluding carboxylic acids is 1. The molecule has 0 aliphatic carbocycles. The van der Waals surface area contributed by atoms with Crippen LogP contribution in [0.25, 0.3) is 4.85 Å². The average Bonchev–Trinajstić information content (AvgIpc) is 3.52. The molecule has 3 aromatic carbocycles. The number of likely N-dealkylation sites (tertiary alicyclic amines) is 1. The molecule has 2 heterocycles. The Morgan fingerprint density at radius 3 is 2.12 bits per heavy atom. The number of H-pyrrole nitrogens is 1. The van der Waals surface area contributed by atoms with Crippen LogP contribution in [0.3, 0.4) is 0 Å². The Hall–Kier alpha value is -5.10. The Kier molecular flexibility index (Phi) is 9.41. The van der Waals surface area contributed by atoms with Crippen LogP contribution < -0.4 is 5.69 Å². The van der Waals surface area contributed by atoms with E-state index in [9.17, 15) is 35.9 Å². The third kappa shape index (κ3) is 6.93. The van der Waals surface area contributed by atoms with E-state index < -0.39 is 65.7 Å². The van der Waals surface area contributed by atoms with E-state index in [4.69, 9.17) is 16.0 Å². The van der Waals surface area contributed by atoms with Gasteiger partial charge in [0.1, 0.15) is 19.5 Å². The summed E-state index contributed by atoms with van der Waals surface area (Å²) in [6.45, 7) is 8.43. The topological polar surface area (TPSA) is 93.8 Å². The zero-order valence-corrected chi connectivity index (χ0v) is 25.4. The Bertz CT molecular complexity index is 1800. The van der Waals surface area contributed by atoms with Crippen molar-refractivity contribution in [2.75, 3.05) is 13.2 Å². The highest BCUT2D eigenvalue weighted by atomic mass is 19.4. The van der Waals surface area contributed by atoms with Crippen molar-refractivity contribution in [3.05, 3.63) is 135 Å².